The van der Waals surface area contributed by atoms with Crippen LogP contribution in [0.2, 0.25) is 0 Å². The van der Waals surface area contributed by atoms with E-state index in [0.717, 1.165) is 5.56 Å². The van der Waals surface area contributed by atoms with Gasteiger partial charge in [0.05, 0.1) is 0 Å². The van der Waals surface area contributed by atoms with E-state index in [2.05, 4.69) is 0 Å². The first kappa shape index (κ1) is 12.9. The zero-order chi connectivity index (χ0) is 12.8. The highest BCUT2D eigenvalue weighted by Gasteiger charge is 2.20. The number of likely N-dealkylation sites (tertiary alicyclic amines) is 1. The van der Waals surface area contributed by atoms with Crippen molar-refractivity contribution >= 4 is 6.09 Å². The van der Waals surface area contributed by atoms with Crippen molar-refractivity contribution in [1.29, 1.82) is 0 Å². The second-order valence-electron chi connectivity index (χ2n) is 4.56. The number of hydrogen-bond donors (Lipinski definition) is 0. The molecule has 1 aromatic carbocycles. The highest BCUT2D eigenvalue weighted by Crippen LogP contribution is 2.15. The van der Waals surface area contributed by atoms with E-state index in [4.69, 9.17) is 4.74 Å². The minimum atomic E-state index is -0.781. The van der Waals surface area contributed by atoms with Gasteiger partial charge in [-0.1, -0.05) is 30.3 Å². The first-order valence-electron chi connectivity index (χ1n) is 6.35. The first-order chi connectivity index (χ1) is 8.75. The molecule has 0 radical (unpaired) electrons. The van der Waals surface area contributed by atoms with E-state index in [1.54, 1.807) is 4.90 Å². The molecule has 1 atom stereocenters. The molecular formula is C14H18FNO2. The standard InChI is InChI=1S/C14H18FNO2/c15-13-7-4-9-16(10-8-13)14(17)18-11-12-5-2-1-3-6-12/h1-3,5-6,13H,4,7-11H2/t13-/m0/s1. The van der Waals surface area contributed by atoms with Gasteiger partial charge < -0.3 is 9.64 Å². The number of carbonyl (C=O) groups is 1. The summed E-state index contributed by atoms with van der Waals surface area (Å²) in [5, 5.41) is 0. The Morgan fingerprint density at radius 3 is 2.83 bits per heavy atom. The van der Waals surface area contributed by atoms with Crippen LogP contribution in [-0.2, 0) is 11.3 Å². The third kappa shape index (κ3) is 3.72. The van der Waals surface area contributed by atoms with Gasteiger partial charge in [-0.15, -0.1) is 0 Å². The minimum Gasteiger partial charge on any atom is -0.445 e. The van der Waals surface area contributed by atoms with Gasteiger partial charge in [0.2, 0.25) is 0 Å². The maximum absolute atomic E-state index is 13.2. The molecule has 0 aromatic heterocycles. The predicted molar refractivity (Wildman–Crippen MR) is 66.9 cm³/mol. The van der Waals surface area contributed by atoms with Gasteiger partial charge >= 0.3 is 6.09 Å². The van der Waals surface area contributed by atoms with E-state index in [1.807, 2.05) is 30.3 Å². The summed E-state index contributed by atoms with van der Waals surface area (Å²) >= 11 is 0. The molecular weight excluding hydrogens is 233 g/mol. The topological polar surface area (TPSA) is 29.5 Å². The van der Waals surface area contributed by atoms with Crippen LogP contribution in [-0.4, -0.2) is 30.3 Å². The summed E-state index contributed by atoms with van der Waals surface area (Å²) in [6.07, 6.45) is 0.551. The number of hydrogen-bond acceptors (Lipinski definition) is 2. The highest BCUT2D eigenvalue weighted by atomic mass is 19.1. The molecule has 0 bridgehead atoms. The lowest BCUT2D eigenvalue weighted by Crippen LogP contribution is -2.32. The average Bonchev–Trinajstić information content (AvgIpc) is 2.62. The van der Waals surface area contributed by atoms with E-state index in [1.165, 1.54) is 0 Å². The summed E-state index contributed by atoms with van der Waals surface area (Å²) in [6.45, 7) is 1.32. The normalized spacial score (nSPS) is 20.3. The van der Waals surface area contributed by atoms with Crippen molar-refractivity contribution in [3.8, 4) is 0 Å². The maximum Gasteiger partial charge on any atom is 0.410 e. The van der Waals surface area contributed by atoms with Crippen LogP contribution in [0.4, 0.5) is 9.18 Å². The maximum atomic E-state index is 13.2. The summed E-state index contributed by atoms with van der Waals surface area (Å²) < 4.78 is 18.4. The fourth-order valence-electron chi connectivity index (χ4n) is 2.05. The van der Waals surface area contributed by atoms with Gasteiger partial charge in [-0.3, -0.25) is 0 Å². The first-order valence-corrected chi connectivity index (χ1v) is 6.35. The van der Waals surface area contributed by atoms with E-state index in [9.17, 15) is 9.18 Å². The molecule has 18 heavy (non-hydrogen) atoms. The molecule has 1 aliphatic rings. The van der Waals surface area contributed by atoms with E-state index >= 15 is 0 Å². The van der Waals surface area contributed by atoms with Crippen molar-refractivity contribution in [2.24, 2.45) is 0 Å². The van der Waals surface area contributed by atoms with Crippen molar-refractivity contribution in [3.63, 3.8) is 0 Å². The largest absolute Gasteiger partial charge is 0.445 e. The molecule has 1 aliphatic heterocycles. The van der Waals surface area contributed by atoms with Crippen LogP contribution < -0.4 is 0 Å². The fraction of sp³-hybridized carbons (Fsp3) is 0.500. The molecule has 3 nitrogen and oxygen atoms in total. The molecule has 2 rings (SSSR count). The number of rotatable bonds is 2. The zero-order valence-electron chi connectivity index (χ0n) is 10.3. The Morgan fingerprint density at radius 2 is 2.06 bits per heavy atom. The molecule has 1 amide bonds. The van der Waals surface area contributed by atoms with Gasteiger partial charge in [-0.05, 0) is 24.8 Å². The Bertz CT molecular complexity index is 383. The Hall–Kier alpha value is -1.58. The van der Waals surface area contributed by atoms with Gasteiger partial charge in [-0.25, -0.2) is 9.18 Å². The Balaban J connectivity index is 1.80. The highest BCUT2D eigenvalue weighted by molar-refractivity contribution is 5.67. The molecule has 0 unspecified atom stereocenters. The molecule has 98 valence electrons. The van der Waals surface area contributed by atoms with Crippen LogP contribution in [0.5, 0.6) is 0 Å². The molecule has 0 aliphatic carbocycles. The number of alkyl halides is 1. The van der Waals surface area contributed by atoms with Crippen molar-refractivity contribution < 1.29 is 13.9 Å². The van der Waals surface area contributed by atoms with Gasteiger partial charge in [0.1, 0.15) is 12.8 Å². The third-order valence-electron chi connectivity index (χ3n) is 3.12. The molecule has 1 aromatic rings. The molecule has 0 N–H and O–H groups in total. The van der Waals surface area contributed by atoms with Crippen LogP contribution in [0.1, 0.15) is 24.8 Å². The smallest absolute Gasteiger partial charge is 0.410 e. The van der Waals surface area contributed by atoms with Crippen LogP contribution in [0.15, 0.2) is 30.3 Å². The predicted octanol–water partition coefficient (Wildman–Crippen LogP) is 3.15. The number of halogens is 1. The quantitative estimate of drug-likeness (QED) is 0.808. The van der Waals surface area contributed by atoms with Crippen molar-refractivity contribution in [2.45, 2.75) is 32.0 Å². The van der Waals surface area contributed by atoms with Gasteiger partial charge in [0.15, 0.2) is 0 Å². The summed E-state index contributed by atoms with van der Waals surface area (Å²) in [5.41, 5.74) is 0.962. The lowest BCUT2D eigenvalue weighted by atomic mass is 10.2. The fourth-order valence-corrected chi connectivity index (χ4v) is 2.05. The lowest BCUT2D eigenvalue weighted by Gasteiger charge is -2.19. The summed E-state index contributed by atoms with van der Waals surface area (Å²) in [6, 6.07) is 9.55. The van der Waals surface area contributed by atoms with Crippen LogP contribution in [0.25, 0.3) is 0 Å². The summed E-state index contributed by atoms with van der Waals surface area (Å²) in [5.74, 6) is 0. The Morgan fingerprint density at radius 1 is 1.28 bits per heavy atom. The van der Waals surface area contributed by atoms with Crippen LogP contribution >= 0.6 is 0 Å². The average molecular weight is 251 g/mol. The molecule has 0 saturated carbocycles. The zero-order valence-corrected chi connectivity index (χ0v) is 10.3. The monoisotopic (exact) mass is 251 g/mol. The Labute approximate surface area is 107 Å². The number of amides is 1. The second-order valence-corrected chi connectivity index (χ2v) is 4.56. The molecule has 1 saturated heterocycles. The van der Waals surface area contributed by atoms with Crippen LogP contribution in [0.3, 0.4) is 0 Å². The second kappa shape index (κ2) is 6.38. The van der Waals surface area contributed by atoms with Crippen molar-refractivity contribution in [1.82, 2.24) is 4.90 Å². The van der Waals surface area contributed by atoms with E-state index in [-0.39, 0.29) is 12.7 Å². The number of carbonyl (C=O) groups excluding carboxylic acids is 1. The van der Waals surface area contributed by atoms with Gasteiger partial charge in [0, 0.05) is 13.1 Å². The summed E-state index contributed by atoms with van der Waals surface area (Å²) in [7, 11) is 0. The number of ether oxygens (including phenoxy) is 1. The summed E-state index contributed by atoms with van der Waals surface area (Å²) in [4.78, 5) is 13.4. The Kier molecular flexibility index (Phi) is 4.56. The van der Waals surface area contributed by atoms with Gasteiger partial charge in [-0.2, -0.15) is 0 Å². The molecule has 1 heterocycles. The minimum absolute atomic E-state index is 0.273. The van der Waals surface area contributed by atoms with Crippen LogP contribution in [0, 0.1) is 0 Å². The molecule has 4 heteroatoms. The van der Waals surface area contributed by atoms with E-state index in [0.29, 0.717) is 32.4 Å². The van der Waals surface area contributed by atoms with Crippen molar-refractivity contribution in [3.05, 3.63) is 35.9 Å². The lowest BCUT2D eigenvalue weighted by molar-refractivity contribution is 0.0968. The molecule has 0 spiro atoms. The van der Waals surface area contributed by atoms with E-state index < -0.39 is 6.17 Å². The molecule has 1 fully saturated rings. The third-order valence-corrected chi connectivity index (χ3v) is 3.12. The van der Waals surface area contributed by atoms with Crippen molar-refractivity contribution in [2.75, 3.05) is 13.1 Å². The number of nitrogens with zero attached hydrogens (tertiary/aromatic N) is 1. The SMILES string of the molecule is O=C(OCc1ccccc1)N1CCC[C@H](F)CC1. The van der Waals surface area contributed by atoms with Gasteiger partial charge in [0.25, 0.3) is 0 Å². The number of benzene rings is 1.